The van der Waals surface area contributed by atoms with Crippen molar-refractivity contribution in [1.29, 1.82) is 0 Å². The van der Waals surface area contributed by atoms with Crippen molar-refractivity contribution < 1.29 is 17.9 Å². The van der Waals surface area contributed by atoms with Crippen molar-refractivity contribution in [2.24, 2.45) is 0 Å². The molecule has 116 valence electrons. The quantitative estimate of drug-likeness (QED) is 0.875. The van der Waals surface area contributed by atoms with Crippen molar-refractivity contribution in [1.82, 2.24) is 9.62 Å². The van der Waals surface area contributed by atoms with Gasteiger partial charge in [0.1, 0.15) is 6.61 Å². The maximum atomic E-state index is 12.2. The Morgan fingerprint density at radius 2 is 2.05 bits per heavy atom. The third kappa shape index (κ3) is 3.81. The lowest BCUT2D eigenvalue weighted by atomic mass is 10.1. The Kier molecular flexibility index (Phi) is 4.65. The molecule has 21 heavy (non-hydrogen) atoms. The molecule has 0 saturated carbocycles. The first-order valence-corrected chi connectivity index (χ1v) is 8.20. The molecule has 6 nitrogen and oxygen atoms in total. The second-order valence-electron chi connectivity index (χ2n) is 5.31. The summed E-state index contributed by atoms with van der Waals surface area (Å²) in [5.41, 5.74) is 1.97. The molecular formula is C14H20N2O4S. The lowest BCUT2D eigenvalue weighted by molar-refractivity contribution is -0.146. The first kappa shape index (κ1) is 15.9. The van der Waals surface area contributed by atoms with E-state index in [1.165, 1.54) is 0 Å². The Bertz CT molecular complexity index is 642. The molecule has 2 rings (SSSR count). The van der Waals surface area contributed by atoms with Crippen LogP contribution in [0.1, 0.15) is 11.1 Å². The molecule has 0 aromatic heterocycles. The summed E-state index contributed by atoms with van der Waals surface area (Å²) in [6, 6.07) is 5.02. The molecule has 1 aliphatic heterocycles. The van der Waals surface area contributed by atoms with E-state index in [9.17, 15) is 13.2 Å². The number of ether oxygens (including phenoxy) is 1. The molecule has 0 spiro atoms. The predicted octanol–water partition coefficient (Wildman–Crippen LogP) is 0.439. The zero-order valence-electron chi connectivity index (χ0n) is 12.4. The number of hydrogen-bond donors (Lipinski definition) is 1. The number of likely N-dealkylation sites (N-methyl/N-ethyl adjacent to an activating group) is 1. The van der Waals surface area contributed by atoms with Gasteiger partial charge in [-0.3, -0.25) is 4.79 Å². The molecule has 1 N–H and O–H groups in total. The molecule has 1 atom stereocenters. The van der Waals surface area contributed by atoms with E-state index in [0.29, 0.717) is 6.54 Å². The third-order valence-electron chi connectivity index (χ3n) is 3.64. The fraction of sp³-hybridized carbons (Fsp3) is 0.500. The van der Waals surface area contributed by atoms with Gasteiger partial charge in [-0.25, -0.2) is 13.1 Å². The SMILES string of the molecule is Cc1ccc(S(=O)(=O)NCC2CN(C)C(=O)CO2)cc1C. The van der Waals surface area contributed by atoms with Gasteiger partial charge in [0.05, 0.1) is 11.0 Å². The predicted molar refractivity (Wildman–Crippen MR) is 78.5 cm³/mol. The van der Waals surface area contributed by atoms with E-state index in [1.54, 1.807) is 30.1 Å². The van der Waals surface area contributed by atoms with Gasteiger partial charge in [-0.05, 0) is 37.1 Å². The lowest BCUT2D eigenvalue weighted by Crippen LogP contribution is -2.48. The number of aryl methyl sites for hydroxylation is 2. The van der Waals surface area contributed by atoms with Crippen molar-refractivity contribution in [3.05, 3.63) is 29.3 Å². The first-order chi connectivity index (χ1) is 9.79. The van der Waals surface area contributed by atoms with Gasteiger partial charge in [0.2, 0.25) is 15.9 Å². The number of carbonyl (C=O) groups excluding carboxylic acids is 1. The third-order valence-corrected chi connectivity index (χ3v) is 5.06. The highest BCUT2D eigenvalue weighted by Gasteiger charge is 2.25. The van der Waals surface area contributed by atoms with E-state index in [2.05, 4.69) is 4.72 Å². The molecule has 1 amide bonds. The van der Waals surface area contributed by atoms with Crippen molar-refractivity contribution in [3.8, 4) is 0 Å². The summed E-state index contributed by atoms with van der Waals surface area (Å²) >= 11 is 0. The Morgan fingerprint density at radius 3 is 2.67 bits per heavy atom. The summed E-state index contributed by atoms with van der Waals surface area (Å²) in [6.07, 6.45) is -0.325. The molecule has 7 heteroatoms. The lowest BCUT2D eigenvalue weighted by Gasteiger charge is -2.29. The second kappa shape index (κ2) is 6.13. The fourth-order valence-corrected chi connectivity index (χ4v) is 3.20. The zero-order chi connectivity index (χ0) is 15.6. The van der Waals surface area contributed by atoms with Gasteiger partial charge in [-0.2, -0.15) is 0 Å². The Morgan fingerprint density at radius 1 is 1.33 bits per heavy atom. The summed E-state index contributed by atoms with van der Waals surface area (Å²) in [6.45, 7) is 4.33. The Hall–Kier alpha value is -1.44. The molecule has 1 fully saturated rings. The summed E-state index contributed by atoms with van der Waals surface area (Å²) in [4.78, 5) is 13.1. The summed E-state index contributed by atoms with van der Waals surface area (Å²) in [5.74, 6) is -0.0942. The summed E-state index contributed by atoms with van der Waals surface area (Å²) in [7, 11) is -1.89. The highest BCUT2D eigenvalue weighted by atomic mass is 32.2. The molecule has 0 radical (unpaired) electrons. The smallest absolute Gasteiger partial charge is 0.248 e. The topological polar surface area (TPSA) is 75.7 Å². The molecule has 1 saturated heterocycles. The van der Waals surface area contributed by atoms with Gasteiger partial charge >= 0.3 is 0 Å². The number of nitrogens with zero attached hydrogens (tertiary/aromatic N) is 1. The van der Waals surface area contributed by atoms with Crippen molar-refractivity contribution >= 4 is 15.9 Å². The van der Waals surface area contributed by atoms with Crippen molar-refractivity contribution in [2.75, 3.05) is 26.7 Å². The average Bonchev–Trinajstić information content (AvgIpc) is 2.43. The van der Waals surface area contributed by atoms with Crippen LogP contribution in [0.5, 0.6) is 0 Å². The number of sulfonamides is 1. The van der Waals surface area contributed by atoms with Crippen LogP contribution in [0.3, 0.4) is 0 Å². The van der Waals surface area contributed by atoms with Crippen molar-refractivity contribution in [3.63, 3.8) is 0 Å². The van der Waals surface area contributed by atoms with E-state index < -0.39 is 10.0 Å². The summed E-state index contributed by atoms with van der Waals surface area (Å²) in [5, 5.41) is 0. The standard InChI is InChI=1S/C14H20N2O4S/c1-10-4-5-13(6-11(10)2)21(18,19)15-7-12-8-16(3)14(17)9-20-12/h4-6,12,15H,7-9H2,1-3H3. The first-order valence-electron chi connectivity index (χ1n) is 6.72. The van der Waals surface area contributed by atoms with Gasteiger partial charge in [0, 0.05) is 20.1 Å². The maximum absolute atomic E-state index is 12.2. The molecule has 1 aromatic rings. The number of benzene rings is 1. The van der Waals surface area contributed by atoms with Crippen LogP contribution < -0.4 is 4.72 Å². The van der Waals surface area contributed by atoms with E-state index in [1.807, 2.05) is 13.8 Å². The maximum Gasteiger partial charge on any atom is 0.248 e. The highest BCUT2D eigenvalue weighted by Crippen LogP contribution is 2.15. The van der Waals surface area contributed by atoms with Crippen LogP contribution in [0.4, 0.5) is 0 Å². The Labute approximate surface area is 125 Å². The van der Waals surface area contributed by atoms with E-state index in [-0.39, 0.29) is 30.1 Å². The largest absolute Gasteiger partial charge is 0.365 e. The van der Waals surface area contributed by atoms with Gasteiger partial charge in [-0.1, -0.05) is 6.07 Å². The second-order valence-corrected chi connectivity index (χ2v) is 7.07. The van der Waals surface area contributed by atoms with E-state index >= 15 is 0 Å². The fourth-order valence-electron chi connectivity index (χ4n) is 2.05. The van der Waals surface area contributed by atoms with E-state index in [0.717, 1.165) is 11.1 Å². The van der Waals surface area contributed by atoms with Gasteiger partial charge in [0.15, 0.2) is 0 Å². The number of amides is 1. The zero-order valence-corrected chi connectivity index (χ0v) is 13.2. The number of morpholine rings is 1. The van der Waals surface area contributed by atoms with Crippen LogP contribution >= 0.6 is 0 Å². The van der Waals surface area contributed by atoms with Crippen LogP contribution in [-0.4, -0.2) is 52.1 Å². The highest BCUT2D eigenvalue weighted by molar-refractivity contribution is 7.89. The van der Waals surface area contributed by atoms with Crippen LogP contribution in [0.25, 0.3) is 0 Å². The van der Waals surface area contributed by atoms with Gasteiger partial charge < -0.3 is 9.64 Å². The molecule has 0 bridgehead atoms. The van der Waals surface area contributed by atoms with Crippen LogP contribution in [-0.2, 0) is 19.6 Å². The van der Waals surface area contributed by atoms with Gasteiger partial charge in [0.25, 0.3) is 0 Å². The summed E-state index contributed by atoms with van der Waals surface area (Å²) < 4.78 is 32.3. The van der Waals surface area contributed by atoms with Crippen molar-refractivity contribution in [2.45, 2.75) is 24.8 Å². The number of hydrogen-bond acceptors (Lipinski definition) is 4. The normalized spacial score (nSPS) is 19.9. The van der Waals surface area contributed by atoms with Crippen LogP contribution in [0, 0.1) is 13.8 Å². The molecule has 1 aromatic carbocycles. The van der Waals surface area contributed by atoms with E-state index in [4.69, 9.17) is 4.74 Å². The molecule has 0 aliphatic carbocycles. The minimum absolute atomic E-state index is 0.00741. The number of nitrogens with one attached hydrogen (secondary N) is 1. The monoisotopic (exact) mass is 312 g/mol. The molecule has 1 aliphatic rings. The molecular weight excluding hydrogens is 292 g/mol. The Balaban J connectivity index is 2.01. The molecule has 1 unspecified atom stereocenters. The number of rotatable bonds is 4. The van der Waals surface area contributed by atoms with Gasteiger partial charge in [-0.15, -0.1) is 0 Å². The van der Waals surface area contributed by atoms with Crippen LogP contribution in [0.2, 0.25) is 0 Å². The molecule has 1 heterocycles. The average molecular weight is 312 g/mol. The minimum atomic E-state index is -3.56. The minimum Gasteiger partial charge on any atom is -0.365 e. The van der Waals surface area contributed by atoms with Crippen LogP contribution in [0.15, 0.2) is 23.1 Å². The number of carbonyl (C=O) groups is 1.